The molecule has 0 N–H and O–H groups in total. The molecule has 3 heteroatoms. The SMILES string of the molecule is Cc1ccc(Br)cc1OCC(C)CCl. The van der Waals surface area contributed by atoms with Crippen molar-refractivity contribution in [3.63, 3.8) is 0 Å². The van der Waals surface area contributed by atoms with Gasteiger partial charge in [-0.05, 0) is 24.6 Å². The molecule has 0 heterocycles. The first-order valence-corrected chi connectivity index (χ1v) is 5.91. The van der Waals surface area contributed by atoms with Crippen LogP contribution in [-0.4, -0.2) is 12.5 Å². The van der Waals surface area contributed by atoms with E-state index >= 15 is 0 Å². The smallest absolute Gasteiger partial charge is 0.123 e. The van der Waals surface area contributed by atoms with E-state index in [9.17, 15) is 0 Å². The fraction of sp³-hybridized carbons (Fsp3) is 0.455. The number of aryl methyl sites for hydroxylation is 1. The number of halogens is 2. The zero-order valence-electron chi connectivity index (χ0n) is 8.39. The average molecular weight is 278 g/mol. The van der Waals surface area contributed by atoms with Crippen molar-refractivity contribution in [2.75, 3.05) is 12.5 Å². The molecular weight excluding hydrogens is 263 g/mol. The summed E-state index contributed by atoms with van der Waals surface area (Å²) in [5.41, 5.74) is 1.15. The summed E-state index contributed by atoms with van der Waals surface area (Å²) in [6.45, 7) is 4.77. The van der Waals surface area contributed by atoms with Crippen LogP contribution < -0.4 is 4.74 Å². The number of hydrogen-bond donors (Lipinski definition) is 0. The van der Waals surface area contributed by atoms with Crippen molar-refractivity contribution in [3.8, 4) is 5.75 Å². The maximum absolute atomic E-state index is 5.70. The second-order valence-electron chi connectivity index (χ2n) is 3.48. The maximum atomic E-state index is 5.70. The predicted octanol–water partition coefficient (Wildman–Crippen LogP) is 4.01. The molecule has 0 aliphatic rings. The highest BCUT2D eigenvalue weighted by molar-refractivity contribution is 9.10. The molecule has 1 aromatic rings. The molecule has 0 bridgehead atoms. The molecule has 1 rings (SSSR count). The summed E-state index contributed by atoms with van der Waals surface area (Å²) >= 11 is 9.11. The molecule has 0 aromatic heterocycles. The Bertz CT molecular complexity index is 301. The van der Waals surface area contributed by atoms with E-state index in [0.717, 1.165) is 15.8 Å². The second kappa shape index (κ2) is 5.62. The molecule has 0 radical (unpaired) electrons. The molecule has 1 unspecified atom stereocenters. The Hall–Kier alpha value is -0.210. The number of benzene rings is 1. The van der Waals surface area contributed by atoms with Gasteiger partial charge in [-0.3, -0.25) is 0 Å². The van der Waals surface area contributed by atoms with Crippen molar-refractivity contribution in [2.45, 2.75) is 13.8 Å². The van der Waals surface area contributed by atoms with Crippen molar-refractivity contribution in [3.05, 3.63) is 28.2 Å². The summed E-state index contributed by atoms with van der Waals surface area (Å²) in [4.78, 5) is 0. The summed E-state index contributed by atoms with van der Waals surface area (Å²) < 4.78 is 6.69. The van der Waals surface area contributed by atoms with Gasteiger partial charge in [-0.2, -0.15) is 0 Å². The summed E-state index contributed by atoms with van der Waals surface area (Å²) in [5, 5.41) is 0. The Morgan fingerprint density at radius 1 is 1.50 bits per heavy atom. The van der Waals surface area contributed by atoms with Crippen molar-refractivity contribution in [1.82, 2.24) is 0 Å². The third kappa shape index (κ3) is 3.50. The molecule has 0 aliphatic carbocycles. The minimum Gasteiger partial charge on any atom is -0.493 e. The molecule has 0 saturated carbocycles. The van der Waals surface area contributed by atoms with Crippen molar-refractivity contribution in [2.24, 2.45) is 5.92 Å². The molecule has 1 nitrogen and oxygen atoms in total. The topological polar surface area (TPSA) is 9.23 Å². The van der Waals surface area contributed by atoms with Crippen LogP contribution in [-0.2, 0) is 0 Å². The van der Waals surface area contributed by atoms with Crippen LogP contribution in [0.3, 0.4) is 0 Å². The second-order valence-corrected chi connectivity index (χ2v) is 4.70. The van der Waals surface area contributed by atoms with Gasteiger partial charge in [0.2, 0.25) is 0 Å². The minimum atomic E-state index is 0.384. The van der Waals surface area contributed by atoms with Gasteiger partial charge in [-0.1, -0.05) is 28.9 Å². The third-order valence-electron chi connectivity index (χ3n) is 1.94. The lowest BCUT2D eigenvalue weighted by molar-refractivity contribution is 0.271. The normalized spacial score (nSPS) is 12.6. The van der Waals surface area contributed by atoms with Gasteiger partial charge >= 0.3 is 0 Å². The molecular formula is C11H14BrClO. The predicted molar refractivity (Wildman–Crippen MR) is 64.3 cm³/mol. The van der Waals surface area contributed by atoms with Crippen LogP contribution in [0.4, 0.5) is 0 Å². The van der Waals surface area contributed by atoms with E-state index in [0.29, 0.717) is 18.4 Å². The first-order valence-electron chi connectivity index (χ1n) is 4.58. The average Bonchev–Trinajstić information content (AvgIpc) is 2.19. The molecule has 0 spiro atoms. The summed E-state index contributed by atoms with van der Waals surface area (Å²) in [5.74, 6) is 1.94. The number of ether oxygens (including phenoxy) is 1. The fourth-order valence-electron chi connectivity index (χ4n) is 1.01. The summed E-state index contributed by atoms with van der Waals surface area (Å²) in [7, 11) is 0. The van der Waals surface area contributed by atoms with E-state index < -0.39 is 0 Å². The van der Waals surface area contributed by atoms with Crippen LogP contribution in [0, 0.1) is 12.8 Å². The zero-order valence-corrected chi connectivity index (χ0v) is 10.7. The highest BCUT2D eigenvalue weighted by Gasteiger charge is 2.04. The Balaban J connectivity index is 2.62. The number of hydrogen-bond acceptors (Lipinski definition) is 1. The van der Waals surface area contributed by atoms with Crippen LogP contribution >= 0.6 is 27.5 Å². The summed E-state index contributed by atoms with van der Waals surface area (Å²) in [6, 6.07) is 6.02. The molecule has 78 valence electrons. The van der Waals surface area contributed by atoms with E-state index in [1.54, 1.807) is 0 Å². The third-order valence-corrected chi connectivity index (χ3v) is 2.96. The Kier molecular flexibility index (Phi) is 4.76. The zero-order chi connectivity index (χ0) is 10.6. The van der Waals surface area contributed by atoms with Crippen LogP contribution in [0.2, 0.25) is 0 Å². The van der Waals surface area contributed by atoms with Gasteiger partial charge in [-0.15, -0.1) is 11.6 Å². The van der Waals surface area contributed by atoms with Crippen molar-refractivity contribution in [1.29, 1.82) is 0 Å². The minimum absolute atomic E-state index is 0.384. The molecule has 1 aromatic carbocycles. The van der Waals surface area contributed by atoms with E-state index in [4.69, 9.17) is 16.3 Å². The lowest BCUT2D eigenvalue weighted by Crippen LogP contribution is -2.10. The number of alkyl halides is 1. The lowest BCUT2D eigenvalue weighted by Gasteiger charge is -2.12. The first kappa shape index (κ1) is 11.9. The van der Waals surface area contributed by atoms with E-state index in [1.165, 1.54) is 0 Å². The van der Waals surface area contributed by atoms with E-state index in [1.807, 2.05) is 25.1 Å². The first-order chi connectivity index (χ1) is 6.63. The monoisotopic (exact) mass is 276 g/mol. The highest BCUT2D eigenvalue weighted by Crippen LogP contribution is 2.23. The molecule has 0 saturated heterocycles. The maximum Gasteiger partial charge on any atom is 0.123 e. The largest absolute Gasteiger partial charge is 0.493 e. The highest BCUT2D eigenvalue weighted by atomic mass is 79.9. The van der Waals surface area contributed by atoms with Gasteiger partial charge in [0.05, 0.1) is 6.61 Å². The quantitative estimate of drug-likeness (QED) is 0.756. The Morgan fingerprint density at radius 3 is 2.86 bits per heavy atom. The molecule has 0 amide bonds. The molecule has 14 heavy (non-hydrogen) atoms. The Morgan fingerprint density at radius 2 is 2.21 bits per heavy atom. The lowest BCUT2D eigenvalue weighted by atomic mass is 10.2. The van der Waals surface area contributed by atoms with Crippen LogP contribution in [0.25, 0.3) is 0 Å². The van der Waals surface area contributed by atoms with Gasteiger partial charge < -0.3 is 4.74 Å². The fourth-order valence-corrected chi connectivity index (χ4v) is 1.44. The van der Waals surface area contributed by atoms with E-state index in [-0.39, 0.29) is 0 Å². The van der Waals surface area contributed by atoms with Gasteiger partial charge in [0.1, 0.15) is 5.75 Å². The molecule has 1 atom stereocenters. The van der Waals surface area contributed by atoms with Crippen LogP contribution in [0.5, 0.6) is 5.75 Å². The Labute approximate surface area is 98.5 Å². The van der Waals surface area contributed by atoms with Gasteiger partial charge in [0.15, 0.2) is 0 Å². The summed E-state index contributed by atoms with van der Waals surface area (Å²) in [6.07, 6.45) is 0. The van der Waals surface area contributed by atoms with Gasteiger partial charge in [0.25, 0.3) is 0 Å². The van der Waals surface area contributed by atoms with Gasteiger partial charge in [-0.25, -0.2) is 0 Å². The van der Waals surface area contributed by atoms with Crippen molar-refractivity contribution < 1.29 is 4.74 Å². The van der Waals surface area contributed by atoms with Crippen LogP contribution in [0.1, 0.15) is 12.5 Å². The molecule has 0 aliphatic heterocycles. The van der Waals surface area contributed by atoms with Crippen LogP contribution in [0.15, 0.2) is 22.7 Å². The molecule has 0 fully saturated rings. The standard InChI is InChI=1S/C11H14BrClO/c1-8(6-13)7-14-11-5-10(12)4-3-9(11)2/h3-5,8H,6-7H2,1-2H3. The van der Waals surface area contributed by atoms with Crippen molar-refractivity contribution >= 4 is 27.5 Å². The number of rotatable bonds is 4. The van der Waals surface area contributed by atoms with E-state index in [2.05, 4.69) is 22.9 Å². The van der Waals surface area contributed by atoms with Gasteiger partial charge in [0, 0.05) is 16.3 Å².